The predicted molar refractivity (Wildman–Crippen MR) is 119 cm³/mol. The van der Waals surface area contributed by atoms with E-state index in [0.29, 0.717) is 31.7 Å². The maximum Gasteiger partial charge on any atom is 0.259 e. The quantitative estimate of drug-likeness (QED) is 0.621. The fourth-order valence-corrected chi connectivity index (χ4v) is 4.42. The number of pyridine rings is 2. The number of amides is 1. The minimum atomic E-state index is -0.654. The number of halogens is 2. The van der Waals surface area contributed by atoms with Gasteiger partial charge in [-0.1, -0.05) is 11.6 Å². The van der Waals surface area contributed by atoms with Gasteiger partial charge < -0.3 is 14.4 Å². The van der Waals surface area contributed by atoms with Crippen LogP contribution in [0.4, 0.5) is 10.1 Å². The smallest absolute Gasteiger partial charge is 0.259 e. The van der Waals surface area contributed by atoms with E-state index in [1.807, 2.05) is 23.8 Å². The summed E-state index contributed by atoms with van der Waals surface area (Å²) in [6.07, 6.45) is 7.16. The van der Waals surface area contributed by atoms with Crippen molar-refractivity contribution in [2.45, 2.75) is 25.8 Å². The molecule has 2 fully saturated rings. The van der Waals surface area contributed by atoms with E-state index in [4.69, 9.17) is 11.6 Å². The third-order valence-electron chi connectivity index (χ3n) is 6.16. The fraction of sp³-hybridized carbons (Fsp3) is 0.348. The molecule has 2 aromatic heterocycles. The Balaban J connectivity index is 1.45. The van der Waals surface area contributed by atoms with Crippen LogP contribution in [0.1, 0.15) is 34.8 Å². The molecule has 0 N–H and O–H groups in total. The molecule has 160 valence electrons. The van der Waals surface area contributed by atoms with E-state index in [2.05, 4.69) is 9.88 Å². The van der Waals surface area contributed by atoms with E-state index in [1.165, 1.54) is 6.07 Å². The summed E-state index contributed by atoms with van der Waals surface area (Å²) in [6, 6.07) is 4.81. The Hall–Kier alpha value is -2.93. The van der Waals surface area contributed by atoms with E-state index in [1.54, 1.807) is 17.3 Å². The topological polar surface area (TPSA) is 58.4 Å². The lowest BCUT2D eigenvalue weighted by atomic mass is 10.1. The summed E-state index contributed by atoms with van der Waals surface area (Å²) in [5, 5.41) is 0.173. The first-order valence-corrected chi connectivity index (χ1v) is 10.8. The number of rotatable bonds is 3. The van der Waals surface area contributed by atoms with Crippen molar-refractivity contribution in [2.75, 3.05) is 31.1 Å². The van der Waals surface area contributed by atoms with E-state index < -0.39 is 11.2 Å². The molecule has 3 aromatic rings. The molecular formula is C23H22ClFN4O2. The van der Waals surface area contributed by atoms with E-state index in [9.17, 15) is 14.0 Å². The van der Waals surface area contributed by atoms with Gasteiger partial charge in [0.1, 0.15) is 11.4 Å². The van der Waals surface area contributed by atoms with Crippen LogP contribution in [-0.2, 0) is 0 Å². The van der Waals surface area contributed by atoms with Gasteiger partial charge in [0.05, 0.1) is 22.4 Å². The molecule has 0 spiro atoms. The van der Waals surface area contributed by atoms with Gasteiger partial charge in [0.25, 0.3) is 5.91 Å². The van der Waals surface area contributed by atoms with Crippen LogP contribution in [0, 0.1) is 12.7 Å². The summed E-state index contributed by atoms with van der Waals surface area (Å²) in [7, 11) is 0. The second-order valence-electron chi connectivity index (χ2n) is 8.24. The lowest BCUT2D eigenvalue weighted by molar-refractivity contribution is 0.0745. The highest BCUT2D eigenvalue weighted by molar-refractivity contribution is 6.31. The van der Waals surface area contributed by atoms with Gasteiger partial charge in [-0.15, -0.1) is 0 Å². The summed E-state index contributed by atoms with van der Waals surface area (Å²) >= 11 is 5.96. The lowest BCUT2D eigenvalue weighted by Gasteiger charge is -2.36. The summed E-state index contributed by atoms with van der Waals surface area (Å²) in [5.74, 6) is -0.960. The maximum absolute atomic E-state index is 14.1. The number of nitrogens with zero attached hydrogens (tertiary/aromatic N) is 4. The van der Waals surface area contributed by atoms with Crippen molar-refractivity contribution < 1.29 is 9.18 Å². The maximum atomic E-state index is 14.1. The monoisotopic (exact) mass is 440 g/mol. The van der Waals surface area contributed by atoms with E-state index in [-0.39, 0.29) is 27.9 Å². The number of aromatic nitrogens is 2. The van der Waals surface area contributed by atoms with Crippen molar-refractivity contribution in [3.8, 4) is 0 Å². The minimum Gasteiger partial charge on any atom is -0.367 e. The number of anilines is 1. The molecule has 1 aromatic carbocycles. The third kappa shape index (κ3) is 3.57. The Morgan fingerprint density at radius 3 is 2.61 bits per heavy atom. The average molecular weight is 441 g/mol. The van der Waals surface area contributed by atoms with Crippen LogP contribution in [0.5, 0.6) is 0 Å². The normalized spacial score (nSPS) is 16.7. The molecular weight excluding hydrogens is 419 g/mol. The molecule has 5 rings (SSSR count). The number of carbonyl (C=O) groups excluding carboxylic acids is 1. The minimum absolute atomic E-state index is 0.0257. The highest BCUT2D eigenvalue weighted by Crippen LogP contribution is 2.37. The number of hydrogen-bond acceptors (Lipinski definition) is 4. The molecule has 31 heavy (non-hydrogen) atoms. The van der Waals surface area contributed by atoms with Crippen LogP contribution in [0.25, 0.3) is 10.9 Å². The van der Waals surface area contributed by atoms with Gasteiger partial charge in [0.2, 0.25) is 5.43 Å². The van der Waals surface area contributed by atoms with Gasteiger partial charge in [-0.25, -0.2) is 4.39 Å². The second kappa shape index (κ2) is 7.64. The molecule has 1 amide bonds. The summed E-state index contributed by atoms with van der Waals surface area (Å²) in [4.78, 5) is 34.5. The Morgan fingerprint density at radius 2 is 1.94 bits per heavy atom. The number of benzene rings is 1. The first-order valence-electron chi connectivity index (χ1n) is 10.4. The summed E-state index contributed by atoms with van der Waals surface area (Å²) < 4.78 is 16.0. The predicted octanol–water partition coefficient (Wildman–Crippen LogP) is 3.79. The van der Waals surface area contributed by atoms with Gasteiger partial charge in [0.15, 0.2) is 0 Å². The van der Waals surface area contributed by atoms with E-state index >= 15 is 0 Å². The molecule has 6 nitrogen and oxygen atoms in total. The summed E-state index contributed by atoms with van der Waals surface area (Å²) in [6.45, 7) is 4.36. The fourth-order valence-electron chi connectivity index (χ4n) is 4.26. The van der Waals surface area contributed by atoms with Crippen molar-refractivity contribution in [1.82, 2.24) is 14.5 Å². The molecule has 0 radical (unpaired) electrons. The Labute approximate surface area is 183 Å². The highest BCUT2D eigenvalue weighted by atomic mass is 35.5. The Morgan fingerprint density at radius 1 is 1.19 bits per heavy atom. The zero-order valence-corrected chi connectivity index (χ0v) is 17.9. The first-order chi connectivity index (χ1) is 14.9. The zero-order chi connectivity index (χ0) is 21.7. The van der Waals surface area contributed by atoms with Crippen LogP contribution in [0.3, 0.4) is 0 Å². The standard InChI is InChI=1S/C23H22ClFN4O2/c1-14-4-5-26-12-21(14)27-6-8-28(9-7-27)23(31)17-13-29(15-2-3-15)20-11-18(24)19(25)10-16(20)22(17)30/h4-5,10-13,15H,2-3,6-9H2,1H3. The highest BCUT2D eigenvalue weighted by Gasteiger charge is 2.30. The largest absolute Gasteiger partial charge is 0.367 e. The number of carbonyl (C=O) groups is 1. The number of hydrogen-bond donors (Lipinski definition) is 0. The molecule has 1 saturated carbocycles. The lowest BCUT2D eigenvalue weighted by Crippen LogP contribution is -2.49. The zero-order valence-electron chi connectivity index (χ0n) is 17.1. The van der Waals surface area contributed by atoms with E-state index in [0.717, 1.165) is 30.2 Å². The molecule has 1 aliphatic carbocycles. The average Bonchev–Trinajstić information content (AvgIpc) is 3.61. The first kappa shape index (κ1) is 20.0. The third-order valence-corrected chi connectivity index (χ3v) is 6.45. The van der Waals surface area contributed by atoms with Gasteiger partial charge in [-0.3, -0.25) is 14.6 Å². The summed E-state index contributed by atoms with van der Waals surface area (Å²) in [5.41, 5.74) is 2.42. The van der Waals surface area contributed by atoms with Crippen molar-refractivity contribution in [3.05, 3.63) is 69.0 Å². The number of piperazine rings is 1. The van der Waals surface area contributed by atoms with Crippen LogP contribution in [0.15, 0.2) is 41.6 Å². The SMILES string of the molecule is Cc1ccncc1N1CCN(C(=O)c2cn(C3CC3)c3cc(Cl)c(F)cc3c2=O)CC1. The molecule has 0 bridgehead atoms. The molecule has 1 saturated heterocycles. The molecule has 0 atom stereocenters. The van der Waals surface area contributed by atoms with Crippen LogP contribution >= 0.6 is 11.6 Å². The van der Waals surface area contributed by atoms with Crippen LogP contribution in [0.2, 0.25) is 5.02 Å². The van der Waals surface area contributed by atoms with Gasteiger partial charge in [0, 0.05) is 50.0 Å². The van der Waals surface area contributed by atoms with Crippen molar-refractivity contribution in [2.24, 2.45) is 0 Å². The van der Waals surface area contributed by atoms with Gasteiger partial charge >= 0.3 is 0 Å². The molecule has 8 heteroatoms. The molecule has 3 heterocycles. The van der Waals surface area contributed by atoms with Crippen LogP contribution in [-0.4, -0.2) is 46.5 Å². The number of aryl methyl sites for hydroxylation is 1. The molecule has 0 unspecified atom stereocenters. The Kier molecular flexibility index (Phi) is 4.93. The van der Waals surface area contributed by atoms with Crippen molar-refractivity contribution in [1.29, 1.82) is 0 Å². The molecule has 2 aliphatic rings. The second-order valence-corrected chi connectivity index (χ2v) is 8.64. The number of fused-ring (bicyclic) bond motifs is 1. The van der Waals surface area contributed by atoms with Crippen molar-refractivity contribution >= 4 is 34.1 Å². The Bertz CT molecular complexity index is 1250. The molecule has 1 aliphatic heterocycles. The van der Waals surface area contributed by atoms with Gasteiger partial charge in [-0.2, -0.15) is 0 Å². The van der Waals surface area contributed by atoms with Crippen LogP contribution < -0.4 is 10.3 Å². The van der Waals surface area contributed by atoms with Crippen molar-refractivity contribution in [3.63, 3.8) is 0 Å². The van der Waals surface area contributed by atoms with Gasteiger partial charge in [-0.05, 0) is 43.5 Å².